The fraction of sp³-hybridized carbons (Fsp3) is 0.531. The van der Waals surface area contributed by atoms with Crippen molar-refractivity contribution in [1.82, 2.24) is 29.1 Å². The molecule has 22 heteroatoms. The van der Waals surface area contributed by atoms with Crippen molar-refractivity contribution in [1.29, 1.82) is 0 Å². The van der Waals surface area contributed by atoms with E-state index in [-0.39, 0.29) is 70.5 Å². The average Bonchev–Trinajstić information content (AvgIpc) is 2.16. The van der Waals surface area contributed by atoms with Crippen molar-refractivity contribution in [3.8, 4) is 5.75 Å². The number of aryl methyl sites for hydroxylation is 1. The van der Waals surface area contributed by atoms with Crippen LogP contribution < -0.4 is 32.1 Å². The highest BCUT2D eigenvalue weighted by Crippen LogP contribution is 2.49. The Hall–Kier alpha value is -6.87. The molecule has 466 valence electrons. The predicted octanol–water partition coefficient (Wildman–Crippen LogP) is 10.9. The number of ether oxygens (including phenoxy) is 5. The first-order valence-corrected chi connectivity index (χ1v) is 32.6. The van der Waals surface area contributed by atoms with Crippen LogP contribution >= 0.6 is 7.52 Å². The first kappa shape index (κ1) is 66.7. The van der Waals surface area contributed by atoms with Gasteiger partial charge < -0.3 is 44.2 Å². The van der Waals surface area contributed by atoms with Gasteiger partial charge in [-0.2, -0.15) is 9.97 Å². The number of esters is 2. The molecule has 21 nitrogen and oxygen atoms in total. The van der Waals surface area contributed by atoms with Crippen molar-refractivity contribution in [2.45, 2.75) is 168 Å². The van der Waals surface area contributed by atoms with Crippen LogP contribution in [0.1, 0.15) is 172 Å². The SMILES string of the molecule is CCCCCCCCCCCCCCCCCCOc1cc(COC(=O)CCC(=O)OC[C@@H]2CN(P(C)(=O)OC[C@@H]3CNCC(n4ccc(NC(=O)c5ccccc5)nc4=O)O3)CC(n3ccc(NC(=O)c4ccccc4)nc3=O)O2)cc(C)c1C. The Kier molecular flexibility index (Phi) is 27.2. The van der Waals surface area contributed by atoms with Crippen LogP contribution in [-0.4, -0.2) is 112 Å². The van der Waals surface area contributed by atoms with Gasteiger partial charge in [0.25, 0.3) is 19.3 Å². The van der Waals surface area contributed by atoms with Crippen LogP contribution in [-0.2, 0) is 44.2 Å². The van der Waals surface area contributed by atoms with Crippen molar-refractivity contribution in [3.63, 3.8) is 0 Å². The largest absolute Gasteiger partial charge is 0.493 e. The monoisotopic (exact) mass is 1210 g/mol. The van der Waals surface area contributed by atoms with Gasteiger partial charge >= 0.3 is 23.3 Å². The molecule has 2 aliphatic heterocycles. The molecule has 7 rings (SSSR count). The molecule has 0 bridgehead atoms. The normalized spacial score (nSPS) is 17.7. The van der Waals surface area contributed by atoms with E-state index in [2.05, 4.69) is 32.8 Å². The minimum atomic E-state index is -3.77. The number of carbonyl (C=O) groups excluding carboxylic acids is 4. The van der Waals surface area contributed by atoms with Gasteiger partial charge in [0.1, 0.15) is 36.7 Å². The molecule has 2 aromatic heterocycles. The second kappa shape index (κ2) is 35.1. The molecular formula is C64H87N8O13P. The summed E-state index contributed by atoms with van der Waals surface area (Å²) in [4.78, 5) is 86.6. The number of aromatic nitrogens is 4. The molecule has 2 saturated heterocycles. The predicted molar refractivity (Wildman–Crippen MR) is 328 cm³/mol. The van der Waals surface area contributed by atoms with Crippen molar-refractivity contribution < 1.29 is 52.0 Å². The lowest BCUT2D eigenvalue weighted by Gasteiger charge is -2.40. The van der Waals surface area contributed by atoms with Gasteiger partial charge in [0, 0.05) is 49.8 Å². The Balaban J connectivity index is 0.872. The molecule has 2 aliphatic rings. The molecule has 3 N–H and O–H groups in total. The molecule has 86 heavy (non-hydrogen) atoms. The van der Waals surface area contributed by atoms with E-state index in [1.54, 1.807) is 60.7 Å². The fourth-order valence-electron chi connectivity index (χ4n) is 10.2. The summed E-state index contributed by atoms with van der Waals surface area (Å²) in [7, 11) is -3.77. The molecule has 5 atom stereocenters. The molecular weight excluding hydrogens is 1120 g/mol. The van der Waals surface area contributed by atoms with Crippen LogP contribution in [0.15, 0.2) is 107 Å². The maximum Gasteiger partial charge on any atom is 0.351 e. The van der Waals surface area contributed by atoms with E-state index in [1.165, 1.54) is 135 Å². The number of nitrogens with zero attached hydrogens (tertiary/aromatic N) is 5. The third kappa shape index (κ3) is 21.8. The standard InChI is InChI=1S/C64H87N8O13P/c1-5-6-7-8-9-10-11-12-13-14-15-16-17-18-19-26-37-80-54-39-49(38-47(2)48(54)3)44-81-59(73)31-32-60(74)82-45-53-42-70(43-58(85-53)72-36-34-56(69-64(72)78)67-62(76)51-29-24-21-25-30-51)86(4,79)83-46-52-40-65-41-57(84-52)71-35-33-55(68-63(71)77)66-61(75)50-27-22-20-23-28-50/h20-25,27-30,33-36,38-39,52-53,57-58,65H,5-19,26,31-32,37,40-46H2,1-4H3,(H,66,68,75,77)(H,67,69,76,78)/t52-,53-,57?,58?,86?/m0/s1. The molecule has 4 heterocycles. The number of anilines is 2. The molecule has 0 radical (unpaired) electrons. The topological polar surface area (TPSA) is 250 Å². The van der Waals surface area contributed by atoms with Gasteiger partial charge in [-0.25, -0.2) is 14.3 Å². The zero-order valence-corrected chi connectivity index (χ0v) is 51.3. The van der Waals surface area contributed by atoms with E-state index in [0.717, 1.165) is 35.3 Å². The Morgan fingerprint density at radius 3 is 1.69 bits per heavy atom. The summed E-state index contributed by atoms with van der Waals surface area (Å²) in [5.74, 6) is -1.38. The molecule has 0 aliphatic carbocycles. The van der Waals surface area contributed by atoms with Crippen LogP contribution in [0.2, 0.25) is 0 Å². The number of rotatable bonds is 35. The number of morpholine rings is 2. The van der Waals surface area contributed by atoms with Crippen LogP contribution in [0.4, 0.5) is 11.6 Å². The van der Waals surface area contributed by atoms with Gasteiger partial charge in [-0.05, 0) is 79.4 Å². The second-order valence-corrected chi connectivity index (χ2v) is 24.7. The fourth-order valence-corrected chi connectivity index (χ4v) is 11.7. The van der Waals surface area contributed by atoms with Gasteiger partial charge in [0.2, 0.25) is 0 Å². The Bertz CT molecular complexity index is 3130. The minimum absolute atomic E-state index is 0.00154. The quantitative estimate of drug-likeness (QED) is 0.0194. The van der Waals surface area contributed by atoms with Crippen LogP contribution in [0.5, 0.6) is 5.75 Å². The van der Waals surface area contributed by atoms with E-state index in [1.807, 2.05) is 26.0 Å². The molecule has 3 unspecified atom stereocenters. The van der Waals surface area contributed by atoms with E-state index in [4.69, 9.17) is 28.2 Å². The number of nitrogens with one attached hydrogen (secondary N) is 3. The summed E-state index contributed by atoms with van der Waals surface area (Å²) in [5, 5.41) is 8.46. The second-order valence-electron chi connectivity index (χ2n) is 22.2. The summed E-state index contributed by atoms with van der Waals surface area (Å²) < 4.78 is 54.6. The molecule has 3 aromatic carbocycles. The van der Waals surface area contributed by atoms with Crippen molar-refractivity contribution in [3.05, 3.63) is 146 Å². The smallest absolute Gasteiger partial charge is 0.351 e. The summed E-state index contributed by atoms with van der Waals surface area (Å²) in [6.45, 7) is 8.10. The first-order chi connectivity index (χ1) is 41.6. The summed E-state index contributed by atoms with van der Waals surface area (Å²) >= 11 is 0. The van der Waals surface area contributed by atoms with Crippen LogP contribution in [0.25, 0.3) is 0 Å². The van der Waals surface area contributed by atoms with Gasteiger partial charge in [-0.3, -0.25) is 32.9 Å². The Labute approximate surface area is 504 Å². The van der Waals surface area contributed by atoms with E-state index in [9.17, 15) is 33.3 Å². The van der Waals surface area contributed by atoms with Crippen LogP contribution in [0.3, 0.4) is 0 Å². The summed E-state index contributed by atoms with van der Waals surface area (Å²) in [6.07, 6.45) is 19.6. The maximum atomic E-state index is 14.6. The van der Waals surface area contributed by atoms with E-state index < -0.39 is 67.3 Å². The van der Waals surface area contributed by atoms with Crippen molar-refractivity contribution >= 4 is 42.9 Å². The first-order valence-electron chi connectivity index (χ1n) is 30.6. The Morgan fingerprint density at radius 2 is 1.14 bits per heavy atom. The lowest BCUT2D eigenvalue weighted by atomic mass is 10.0. The van der Waals surface area contributed by atoms with Gasteiger partial charge in [-0.15, -0.1) is 0 Å². The zero-order chi connectivity index (χ0) is 61.1. The Morgan fingerprint density at radius 1 is 0.628 bits per heavy atom. The molecule has 0 saturated carbocycles. The summed E-state index contributed by atoms with van der Waals surface area (Å²) in [5.41, 5.74) is 2.12. The minimum Gasteiger partial charge on any atom is -0.493 e. The van der Waals surface area contributed by atoms with Gasteiger partial charge in [0.15, 0.2) is 12.5 Å². The number of unbranched alkanes of at least 4 members (excludes halogenated alkanes) is 15. The third-order valence-corrected chi connectivity index (χ3v) is 17.3. The van der Waals surface area contributed by atoms with Gasteiger partial charge in [-0.1, -0.05) is 146 Å². The molecule has 0 spiro atoms. The average molecular weight is 1210 g/mol. The molecule has 2 fully saturated rings. The van der Waals surface area contributed by atoms with E-state index >= 15 is 0 Å². The van der Waals surface area contributed by atoms with Gasteiger partial charge in [0.05, 0.1) is 38.7 Å². The van der Waals surface area contributed by atoms with Crippen molar-refractivity contribution in [2.24, 2.45) is 0 Å². The maximum absolute atomic E-state index is 14.6. The lowest BCUT2D eigenvalue weighted by Crippen LogP contribution is -2.49. The number of hydrogen-bond acceptors (Lipinski definition) is 16. The van der Waals surface area contributed by atoms with E-state index in [0.29, 0.717) is 17.7 Å². The number of hydrogen-bond donors (Lipinski definition) is 3. The van der Waals surface area contributed by atoms with Crippen molar-refractivity contribution in [2.75, 3.05) is 63.3 Å². The zero-order valence-electron chi connectivity index (χ0n) is 50.4. The highest BCUT2D eigenvalue weighted by Gasteiger charge is 2.39. The highest BCUT2D eigenvalue weighted by atomic mass is 31.2. The lowest BCUT2D eigenvalue weighted by molar-refractivity contribution is -0.161. The third-order valence-electron chi connectivity index (χ3n) is 15.3. The number of carbonyl (C=O) groups is 4. The highest BCUT2D eigenvalue weighted by molar-refractivity contribution is 7.55. The van der Waals surface area contributed by atoms with Crippen LogP contribution in [0, 0.1) is 13.8 Å². The number of benzene rings is 3. The molecule has 2 amide bonds. The number of amides is 2. The summed E-state index contributed by atoms with van der Waals surface area (Å²) in [6, 6.07) is 23.7. The molecule has 5 aromatic rings.